The Morgan fingerprint density at radius 2 is 1.78 bits per heavy atom. The number of hydrogen-bond acceptors (Lipinski definition) is 6. The summed E-state index contributed by atoms with van der Waals surface area (Å²) in [6.07, 6.45) is 1.96. The van der Waals surface area contributed by atoms with Gasteiger partial charge in [0.25, 0.3) is 11.8 Å². The smallest absolute Gasteiger partial charge is 0.323 e. The van der Waals surface area contributed by atoms with Crippen LogP contribution in [0.1, 0.15) is 53.3 Å². The summed E-state index contributed by atoms with van der Waals surface area (Å²) in [5.41, 5.74) is 0.405. The maximum atomic E-state index is 13.0. The Balaban J connectivity index is 1.73. The fourth-order valence-electron chi connectivity index (χ4n) is 4.10. The van der Waals surface area contributed by atoms with E-state index in [0.29, 0.717) is 13.1 Å². The minimum absolute atomic E-state index is 0.0156. The summed E-state index contributed by atoms with van der Waals surface area (Å²) in [6, 6.07) is 4.76. The molecule has 2 atom stereocenters. The first-order chi connectivity index (χ1) is 15.3. The summed E-state index contributed by atoms with van der Waals surface area (Å²) in [5.74, 6) is -3.03. The van der Waals surface area contributed by atoms with E-state index in [2.05, 4.69) is 5.32 Å². The monoisotopic (exact) mass is 445 g/mol. The van der Waals surface area contributed by atoms with E-state index >= 15 is 0 Å². The van der Waals surface area contributed by atoms with E-state index < -0.39 is 42.4 Å². The van der Waals surface area contributed by atoms with Crippen LogP contribution in [0.2, 0.25) is 0 Å². The van der Waals surface area contributed by atoms with Crippen molar-refractivity contribution in [2.24, 2.45) is 0 Å². The normalized spacial score (nSPS) is 20.0. The summed E-state index contributed by atoms with van der Waals surface area (Å²) in [6.45, 7) is 2.63. The minimum atomic E-state index is -1.19. The number of carboxylic acid groups (broad SMARTS) is 1. The van der Waals surface area contributed by atoms with Crippen molar-refractivity contribution in [3.8, 4) is 0 Å². The maximum absolute atomic E-state index is 13.0. The number of carboxylic acids is 1. The molecule has 2 fully saturated rings. The van der Waals surface area contributed by atoms with E-state index in [-0.39, 0.29) is 36.5 Å². The molecule has 0 aliphatic carbocycles. The third-order valence-corrected chi connectivity index (χ3v) is 5.67. The molecule has 2 N–H and O–H groups in total. The van der Waals surface area contributed by atoms with Crippen molar-refractivity contribution in [2.45, 2.75) is 44.7 Å². The molecule has 2 saturated heterocycles. The Labute approximate surface area is 185 Å². The van der Waals surface area contributed by atoms with Gasteiger partial charge in [0.2, 0.25) is 5.91 Å². The van der Waals surface area contributed by atoms with Crippen LogP contribution in [0.25, 0.3) is 0 Å². The molecule has 2 aliphatic rings. The summed E-state index contributed by atoms with van der Waals surface area (Å²) in [4.78, 5) is 64.0. The van der Waals surface area contributed by atoms with Crippen LogP contribution in [0.5, 0.6) is 0 Å². The Morgan fingerprint density at radius 1 is 1.12 bits per heavy atom. The first kappa shape index (κ1) is 23.2. The molecule has 2 aliphatic heterocycles. The Hall–Kier alpha value is -3.43. The van der Waals surface area contributed by atoms with Gasteiger partial charge in [-0.15, -0.1) is 0 Å². The van der Waals surface area contributed by atoms with Gasteiger partial charge in [0.05, 0.1) is 23.8 Å². The predicted molar refractivity (Wildman–Crippen MR) is 112 cm³/mol. The Kier molecular flexibility index (Phi) is 7.45. The SMILES string of the molecule is CCOC(=O)CC[C@@H]1[C@H](NC(=O)c2ccccc2C(=O)N2CCCC2)C(=O)N1CC(=O)O. The molecule has 1 aromatic carbocycles. The zero-order chi connectivity index (χ0) is 23.3. The van der Waals surface area contributed by atoms with Crippen molar-refractivity contribution < 1.29 is 33.8 Å². The molecular formula is C22H27N3O7. The summed E-state index contributed by atoms with van der Waals surface area (Å²) >= 11 is 0. The van der Waals surface area contributed by atoms with Crippen molar-refractivity contribution >= 4 is 29.7 Å². The first-order valence-corrected chi connectivity index (χ1v) is 10.7. The molecule has 10 heteroatoms. The maximum Gasteiger partial charge on any atom is 0.323 e. The number of nitrogens with zero attached hydrogens (tertiary/aromatic N) is 2. The number of likely N-dealkylation sites (tertiary alicyclic amines) is 2. The van der Waals surface area contributed by atoms with Crippen molar-refractivity contribution in [3.05, 3.63) is 35.4 Å². The Bertz CT molecular complexity index is 911. The summed E-state index contributed by atoms with van der Waals surface area (Å²) in [5, 5.41) is 11.7. The van der Waals surface area contributed by atoms with Gasteiger partial charge in [-0.3, -0.25) is 24.0 Å². The molecule has 0 aromatic heterocycles. The lowest BCUT2D eigenvalue weighted by Gasteiger charge is -2.46. The van der Waals surface area contributed by atoms with Crippen LogP contribution in [0.4, 0.5) is 0 Å². The highest BCUT2D eigenvalue weighted by Crippen LogP contribution is 2.25. The zero-order valence-corrected chi connectivity index (χ0v) is 17.9. The molecule has 172 valence electrons. The third-order valence-electron chi connectivity index (χ3n) is 5.67. The van der Waals surface area contributed by atoms with Crippen molar-refractivity contribution in [1.82, 2.24) is 15.1 Å². The molecule has 0 radical (unpaired) electrons. The number of carbonyl (C=O) groups excluding carboxylic acids is 4. The van der Waals surface area contributed by atoms with Crippen molar-refractivity contribution in [2.75, 3.05) is 26.2 Å². The van der Waals surface area contributed by atoms with Gasteiger partial charge in [0.15, 0.2) is 0 Å². The van der Waals surface area contributed by atoms with E-state index in [0.717, 1.165) is 17.7 Å². The molecule has 0 unspecified atom stereocenters. The highest BCUT2D eigenvalue weighted by molar-refractivity contribution is 6.08. The van der Waals surface area contributed by atoms with Gasteiger partial charge >= 0.3 is 11.9 Å². The van der Waals surface area contributed by atoms with Crippen LogP contribution < -0.4 is 5.32 Å². The second-order valence-electron chi connectivity index (χ2n) is 7.77. The molecule has 10 nitrogen and oxygen atoms in total. The van der Waals surface area contributed by atoms with Crippen LogP contribution in [0, 0.1) is 0 Å². The lowest BCUT2D eigenvalue weighted by atomic mass is 9.90. The van der Waals surface area contributed by atoms with Crippen LogP contribution in [-0.2, 0) is 19.1 Å². The number of ether oxygens (including phenoxy) is 1. The van der Waals surface area contributed by atoms with E-state index in [1.807, 2.05) is 0 Å². The summed E-state index contributed by atoms with van der Waals surface area (Å²) < 4.78 is 4.89. The minimum Gasteiger partial charge on any atom is -0.480 e. The Morgan fingerprint density at radius 3 is 2.41 bits per heavy atom. The number of rotatable bonds is 9. The number of aliphatic carboxylic acids is 1. The second kappa shape index (κ2) is 10.3. The summed E-state index contributed by atoms with van der Waals surface area (Å²) in [7, 11) is 0. The molecule has 0 saturated carbocycles. The second-order valence-corrected chi connectivity index (χ2v) is 7.77. The van der Waals surface area contributed by atoms with Gasteiger partial charge in [-0.1, -0.05) is 12.1 Å². The quantitative estimate of drug-likeness (QED) is 0.421. The highest BCUT2D eigenvalue weighted by Gasteiger charge is 2.48. The first-order valence-electron chi connectivity index (χ1n) is 10.7. The molecule has 32 heavy (non-hydrogen) atoms. The standard InChI is InChI=1S/C22H27N3O7/c1-2-32-18(28)10-9-16-19(22(31)25(16)13-17(26)27)23-20(29)14-7-3-4-8-15(14)21(30)24-11-5-6-12-24/h3-4,7-8,16,19H,2,5-6,9-13H2,1H3,(H,23,29)(H,26,27)/t16-,19+/m1/s1. The van der Waals surface area contributed by atoms with Crippen molar-refractivity contribution in [3.63, 3.8) is 0 Å². The molecular weight excluding hydrogens is 418 g/mol. The average Bonchev–Trinajstić information content (AvgIpc) is 3.31. The predicted octanol–water partition coefficient (Wildman–Crippen LogP) is 0.660. The van der Waals surface area contributed by atoms with Gasteiger partial charge in [-0.05, 0) is 38.3 Å². The number of nitrogens with one attached hydrogen (secondary N) is 1. The topological polar surface area (TPSA) is 133 Å². The van der Waals surface area contributed by atoms with Crippen LogP contribution >= 0.6 is 0 Å². The number of hydrogen-bond donors (Lipinski definition) is 2. The molecule has 2 heterocycles. The van der Waals surface area contributed by atoms with Crippen LogP contribution in [-0.4, -0.2) is 82.9 Å². The van der Waals surface area contributed by atoms with E-state index in [1.54, 1.807) is 30.0 Å². The van der Waals surface area contributed by atoms with E-state index in [9.17, 15) is 24.0 Å². The van der Waals surface area contributed by atoms with Gasteiger partial charge in [0, 0.05) is 19.5 Å². The molecule has 0 bridgehead atoms. The molecule has 0 spiro atoms. The number of benzene rings is 1. The lowest BCUT2D eigenvalue weighted by molar-refractivity contribution is -0.159. The van der Waals surface area contributed by atoms with Gasteiger partial charge in [-0.25, -0.2) is 0 Å². The fraction of sp³-hybridized carbons (Fsp3) is 0.500. The number of esters is 1. The number of carbonyl (C=O) groups is 5. The molecule has 3 rings (SSSR count). The van der Waals surface area contributed by atoms with Gasteiger partial charge in [-0.2, -0.15) is 0 Å². The third kappa shape index (κ3) is 5.06. The lowest BCUT2D eigenvalue weighted by Crippen LogP contribution is -2.71. The van der Waals surface area contributed by atoms with Gasteiger partial charge in [0.1, 0.15) is 12.6 Å². The van der Waals surface area contributed by atoms with E-state index in [1.165, 1.54) is 6.07 Å². The van der Waals surface area contributed by atoms with Crippen molar-refractivity contribution in [1.29, 1.82) is 0 Å². The fourth-order valence-corrected chi connectivity index (χ4v) is 4.10. The average molecular weight is 445 g/mol. The highest BCUT2D eigenvalue weighted by atomic mass is 16.5. The molecule has 1 aromatic rings. The zero-order valence-electron chi connectivity index (χ0n) is 17.9. The van der Waals surface area contributed by atoms with Crippen LogP contribution in [0.3, 0.4) is 0 Å². The van der Waals surface area contributed by atoms with Gasteiger partial charge < -0.3 is 25.0 Å². The number of amides is 3. The van der Waals surface area contributed by atoms with E-state index in [4.69, 9.17) is 9.84 Å². The molecule has 3 amide bonds. The number of β-lactam (4-membered cyclic amide) rings is 1. The largest absolute Gasteiger partial charge is 0.480 e. The van der Waals surface area contributed by atoms with Crippen LogP contribution in [0.15, 0.2) is 24.3 Å².